The predicted molar refractivity (Wildman–Crippen MR) is 124 cm³/mol. The molecule has 0 spiro atoms. The fraction of sp³-hybridized carbons (Fsp3) is 0.440. The highest BCUT2D eigenvalue weighted by molar-refractivity contribution is 5.81. The summed E-state index contributed by atoms with van der Waals surface area (Å²) in [7, 11) is 1.59. The van der Waals surface area contributed by atoms with E-state index in [0.717, 1.165) is 39.3 Å². The van der Waals surface area contributed by atoms with Crippen molar-refractivity contribution in [2.45, 2.75) is 25.9 Å². The molecule has 176 valence electrons. The van der Waals surface area contributed by atoms with Crippen molar-refractivity contribution in [3.8, 4) is 22.8 Å². The van der Waals surface area contributed by atoms with Crippen molar-refractivity contribution in [1.29, 1.82) is 0 Å². The van der Waals surface area contributed by atoms with Crippen molar-refractivity contribution >= 4 is 11.0 Å². The van der Waals surface area contributed by atoms with Crippen LogP contribution < -0.4 is 9.47 Å². The highest BCUT2D eigenvalue weighted by Crippen LogP contribution is 2.32. The van der Waals surface area contributed by atoms with Crippen LogP contribution in [0.5, 0.6) is 11.5 Å². The first-order valence-corrected chi connectivity index (χ1v) is 11.3. The Kier molecular flexibility index (Phi) is 7.69. The maximum absolute atomic E-state index is 14.5. The van der Waals surface area contributed by atoms with E-state index in [1.807, 2.05) is 6.07 Å². The summed E-state index contributed by atoms with van der Waals surface area (Å²) in [6, 6.07) is 8.51. The van der Waals surface area contributed by atoms with Gasteiger partial charge in [-0.1, -0.05) is 12.1 Å². The first-order valence-electron chi connectivity index (χ1n) is 11.3. The molecule has 1 N–H and O–H groups in total. The minimum Gasteiger partial charge on any atom is -0.493 e. The number of benzene rings is 2. The number of hydrogen-bond donors (Lipinski definition) is 1. The first-order chi connectivity index (χ1) is 16.0. The molecule has 1 aliphatic rings. The SMILES string of the molecule is COc1cc2nc(-c3ccc(CC(C)O)c(F)c3)cnc2cc1OCCN1CCCOCC1. The molecule has 1 saturated heterocycles. The molecular formula is C25H30FN3O4. The minimum atomic E-state index is -0.604. The molecular weight excluding hydrogens is 425 g/mol. The Morgan fingerprint density at radius 3 is 2.79 bits per heavy atom. The molecule has 0 saturated carbocycles. The van der Waals surface area contributed by atoms with Gasteiger partial charge in [0.15, 0.2) is 11.5 Å². The van der Waals surface area contributed by atoms with Crippen LogP contribution in [0.25, 0.3) is 22.3 Å². The molecule has 2 aromatic carbocycles. The maximum atomic E-state index is 14.5. The number of aliphatic hydroxyl groups excluding tert-OH is 1. The van der Waals surface area contributed by atoms with E-state index >= 15 is 0 Å². The molecule has 0 radical (unpaired) electrons. The van der Waals surface area contributed by atoms with Gasteiger partial charge in [-0.15, -0.1) is 0 Å². The van der Waals surface area contributed by atoms with Crippen LogP contribution in [-0.4, -0.2) is 72.6 Å². The topological polar surface area (TPSA) is 76.9 Å². The second-order valence-electron chi connectivity index (χ2n) is 8.26. The Hall–Kier alpha value is -2.81. The number of nitrogens with zero attached hydrogens (tertiary/aromatic N) is 3. The van der Waals surface area contributed by atoms with Crippen molar-refractivity contribution in [2.24, 2.45) is 0 Å². The van der Waals surface area contributed by atoms with E-state index in [0.29, 0.717) is 46.0 Å². The molecule has 1 atom stereocenters. The van der Waals surface area contributed by atoms with Crippen LogP contribution in [0.15, 0.2) is 36.5 Å². The number of rotatable bonds is 8. The van der Waals surface area contributed by atoms with Gasteiger partial charge in [-0.05, 0) is 25.0 Å². The zero-order valence-electron chi connectivity index (χ0n) is 19.1. The summed E-state index contributed by atoms with van der Waals surface area (Å²) in [4.78, 5) is 11.5. The quantitative estimate of drug-likeness (QED) is 0.557. The van der Waals surface area contributed by atoms with Crippen LogP contribution in [-0.2, 0) is 11.2 Å². The fourth-order valence-corrected chi connectivity index (χ4v) is 3.93. The molecule has 7 nitrogen and oxygen atoms in total. The zero-order chi connectivity index (χ0) is 23.2. The van der Waals surface area contributed by atoms with Gasteiger partial charge in [0.25, 0.3) is 0 Å². The number of methoxy groups -OCH3 is 1. The van der Waals surface area contributed by atoms with Gasteiger partial charge in [0.2, 0.25) is 0 Å². The van der Waals surface area contributed by atoms with Crippen LogP contribution in [0.2, 0.25) is 0 Å². The van der Waals surface area contributed by atoms with Gasteiger partial charge in [0.05, 0.1) is 42.7 Å². The van der Waals surface area contributed by atoms with E-state index in [4.69, 9.17) is 14.2 Å². The van der Waals surface area contributed by atoms with Crippen LogP contribution >= 0.6 is 0 Å². The van der Waals surface area contributed by atoms with E-state index in [1.54, 1.807) is 38.4 Å². The van der Waals surface area contributed by atoms with Crippen LogP contribution in [0.4, 0.5) is 4.39 Å². The van der Waals surface area contributed by atoms with Crippen molar-refractivity contribution in [1.82, 2.24) is 14.9 Å². The third kappa shape index (κ3) is 5.96. The second-order valence-corrected chi connectivity index (χ2v) is 8.26. The zero-order valence-corrected chi connectivity index (χ0v) is 19.1. The van der Waals surface area contributed by atoms with Crippen LogP contribution in [0.3, 0.4) is 0 Å². The number of halogens is 1. The molecule has 0 aliphatic carbocycles. The molecule has 1 fully saturated rings. The number of aromatic nitrogens is 2. The third-order valence-corrected chi connectivity index (χ3v) is 5.67. The summed E-state index contributed by atoms with van der Waals surface area (Å²) in [6.07, 6.45) is 2.32. The lowest BCUT2D eigenvalue weighted by molar-refractivity contribution is 0.137. The normalized spacial score (nSPS) is 15.9. The molecule has 33 heavy (non-hydrogen) atoms. The van der Waals surface area contributed by atoms with Gasteiger partial charge >= 0.3 is 0 Å². The highest BCUT2D eigenvalue weighted by Gasteiger charge is 2.14. The number of ether oxygens (including phenoxy) is 3. The van der Waals surface area contributed by atoms with Gasteiger partial charge in [0, 0.05) is 50.4 Å². The summed E-state index contributed by atoms with van der Waals surface area (Å²) in [5.41, 5.74) is 2.96. The maximum Gasteiger partial charge on any atom is 0.163 e. The summed E-state index contributed by atoms with van der Waals surface area (Å²) in [5, 5.41) is 9.52. The predicted octanol–water partition coefficient (Wildman–Crippen LogP) is 3.47. The Labute approximate surface area is 193 Å². The highest BCUT2D eigenvalue weighted by atomic mass is 19.1. The molecule has 1 aliphatic heterocycles. The Morgan fingerprint density at radius 1 is 1.15 bits per heavy atom. The summed E-state index contributed by atoms with van der Waals surface area (Å²) >= 11 is 0. The van der Waals surface area contributed by atoms with Crippen molar-refractivity contribution in [3.63, 3.8) is 0 Å². The van der Waals surface area contributed by atoms with E-state index in [9.17, 15) is 9.50 Å². The third-order valence-electron chi connectivity index (χ3n) is 5.67. The minimum absolute atomic E-state index is 0.265. The standard InChI is InChI=1S/C25H30FN3O4/c1-17(30)12-18-4-5-19(13-20(18)26)23-16-27-21-14-25(24(31-2)15-22(21)28-23)33-11-8-29-6-3-9-32-10-7-29/h4-5,13-17,30H,3,6-12H2,1-2H3. The molecule has 1 unspecified atom stereocenters. The lowest BCUT2D eigenvalue weighted by Gasteiger charge is -2.19. The average molecular weight is 456 g/mol. The van der Waals surface area contributed by atoms with Gasteiger partial charge < -0.3 is 19.3 Å². The molecule has 2 heterocycles. The largest absolute Gasteiger partial charge is 0.493 e. The monoisotopic (exact) mass is 455 g/mol. The van der Waals surface area contributed by atoms with Gasteiger partial charge in [-0.25, -0.2) is 9.37 Å². The molecule has 0 amide bonds. The lowest BCUT2D eigenvalue weighted by Crippen LogP contribution is -2.30. The fourth-order valence-electron chi connectivity index (χ4n) is 3.93. The van der Waals surface area contributed by atoms with Gasteiger partial charge in [-0.3, -0.25) is 9.88 Å². The molecule has 1 aromatic heterocycles. The molecule has 3 aromatic rings. The smallest absolute Gasteiger partial charge is 0.163 e. The number of hydrogen-bond acceptors (Lipinski definition) is 7. The number of aliphatic hydroxyl groups is 1. The first kappa shape index (κ1) is 23.4. The molecule has 0 bridgehead atoms. The molecule has 4 rings (SSSR count). The second kappa shape index (κ2) is 10.9. The van der Waals surface area contributed by atoms with E-state index in [2.05, 4.69) is 14.9 Å². The Morgan fingerprint density at radius 2 is 2.00 bits per heavy atom. The number of fused-ring (bicyclic) bond motifs is 1. The van der Waals surface area contributed by atoms with Crippen molar-refractivity contribution in [2.75, 3.05) is 46.6 Å². The van der Waals surface area contributed by atoms with Gasteiger partial charge in [-0.2, -0.15) is 0 Å². The van der Waals surface area contributed by atoms with Gasteiger partial charge in [0.1, 0.15) is 12.4 Å². The summed E-state index contributed by atoms with van der Waals surface area (Å²) in [5.74, 6) is 0.825. The van der Waals surface area contributed by atoms with E-state index < -0.39 is 6.10 Å². The Bertz CT molecular complexity index is 1080. The summed E-state index contributed by atoms with van der Waals surface area (Å²) in [6.45, 7) is 6.47. The lowest BCUT2D eigenvalue weighted by atomic mass is 10.0. The van der Waals surface area contributed by atoms with Crippen LogP contribution in [0.1, 0.15) is 18.9 Å². The average Bonchev–Trinajstić information content (AvgIpc) is 3.08. The summed E-state index contributed by atoms with van der Waals surface area (Å²) < 4.78 is 31.5. The van der Waals surface area contributed by atoms with E-state index in [-0.39, 0.29) is 12.2 Å². The van der Waals surface area contributed by atoms with Crippen LogP contribution in [0, 0.1) is 5.82 Å². The van der Waals surface area contributed by atoms with Crippen molar-refractivity contribution < 1.29 is 23.7 Å². The Balaban J connectivity index is 1.51. The van der Waals surface area contributed by atoms with E-state index in [1.165, 1.54) is 6.07 Å². The van der Waals surface area contributed by atoms with Crippen molar-refractivity contribution in [3.05, 3.63) is 47.9 Å². The molecule has 8 heteroatoms.